The van der Waals surface area contributed by atoms with Gasteiger partial charge in [0.25, 0.3) is 0 Å². The summed E-state index contributed by atoms with van der Waals surface area (Å²) in [6, 6.07) is 3.00. The van der Waals surface area contributed by atoms with Gasteiger partial charge in [-0.3, -0.25) is 0 Å². The van der Waals surface area contributed by atoms with Gasteiger partial charge in [0.05, 0.1) is 11.5 Å². The van der Waals surface area contributed by atoms with E-state index in [9.17, 15) is 17.8 Å². The molecule has 0 saturated heterocycles. The maximum Gasteiger partial charge on any atom is 0.330 e. The number of rotatable bonds is 5. The fourth-order valence-electron chi connectivity index (χ4n) is 2.34. The van der Waals surface area contributed by atoms with Crippen molar-refractivity contribution in [1.82, 2.24) is 6.15 Å². The second-order valence-electron chi connectivity index (χ2n) is 6.04. The lowest BCUT2D eigenvalue weighted by molar-refractivity contribution is -0.137. The second-order valence-corrected chi connectivity index (χ2v) is 7.39. The largest absolute Gasteiger partial charge is 0.744 e. The maximum atomic E-state index is 11.3. The first kappa shape index (κ1) is 21.3. The van der Waals surface area contributed by atoms with Crippen LogP contribution >= 0.6 is 0 Å². The van der Waals surface area contributed by atoms with Crippen LogP contribution in [-0.4, -0.2) is 25.5 Å². The lowest BCUT2D eigenvalue weighted by Gasteiger charge is -2.26. The van der Waals surface area contributed by atoms with Crippen LogP contribution < -0.4 is 6.15 Å². The van der Waals surface area contributed by atoms with E-state index in [0.29, 0.717) is 12.0 Å². The van der Waals surface area contributed by atoms with Gasteiger partial charge in [0.1, 0.15) is 10.1 Å². The number of carbonyl (C=O) groups excluding carboxylic acids is 1. The number of ether oxygens (including phenoxy) is 1. The smallest absolute Gasteiger partial charge is 0.330 e. The van der Waals surface area contributed by atoms with Gasteiger partial charge >= 0.3 is 5.97 Å². The Morgan fingerprint density at radius 3 is 2.35 bits per heavy atom. The molecule has 7 heteroatoms. The predicted octanol–water partition coefficient (Wildman–Crippen LogP) is 2.84. The van der Waals surface area contributed by atoms with E-state index in [1.54, 1.807) is 13.0 Å². The molecule has 0 spiro atoms. The summed E-state index contributed by atoms with van der Waals surface area (Å²) in [5.74, 6) is -0.539. The van der Waals surface area contributed by atoms with Gasteiger partial charge in [-0.2, -0.15) is 0 Å². The Morgan fingerprint density at radius 2 is 1.91 bits per heavy atom. The van der Waals surface area contributed by atoms with Gasteiger partial charge in [0.15, 0.2) is 0 Å². The average Bonchev–Trinajstić information content (AvgIpc) is 2.37. The molecule has 0 fully saturated rings. The Morgan fingerprint density at radius 1 is 1.35 bits per heavy atom. The molecule has 1 aromatic carbocycles. The van der Waals surface area contributed by atoms with E-state index in [1.807, 2.05) is 20.8 Å². The van der Waals surface area contributed by atoms with Crippen molar-refractivity contribution in [2.45, 2.75) is 44.4 Å². The van der Waals surface area contributed by atoms with E-state index in [4.69, 9.17) is 4.74 Å². The van der Waals surface area contributed by atoms with Crippen molar-refractivity contribution in [3.05, 3.63) is 41.5 Å². The molecule has 1 rings (SSSR count). The van der Waals surface area contributed by atoms with Crippen molar-refractivity contribution >= 4 is 16.1 Å². The number of benzene rings is 1. The zero-order valence-corrected chi connectivity index (χ0v) is 15.1. The molecular formula is C16H25NO5S. The zero-order chi connectivity index (χ0) is 17.1. The lowest BCUT2D eigenvalue weighted by atomic mass is 9.81. The highest BCUT2D eigenvalue weighted by atomic mass is 32.2. The Hall–Kier alpha value is -1.70. The molecule has 0 saturated carbocycles. The number of carbonyl (C=O) groups is 1. The highest BCUT2D eigenvalue weighted by molar-refractivity contribution is 7.85. The summed E-state index contributed by atoms with van der Waals surface area (Å²) in [4.78, 5) is 10.9. The molecule has 1 aromatic rings. The number of hydrogen-bond acceptors (Lipinski definition) is 5. The first-order valence-electron chi connectivity index (χ1n) is 6.86. The lowest BCUT2D eigenvalue weighted by Crippen LogP contribution is -2.18. The molecule has 0 amide bonds. The minimum Gasteiger partial charge on any atom is -0.744 e. The van der Waals surface area contributed by atoms with Crippen LogP contribution in [0.3, 0.4) is 0 Å². The van der Waals surface area contributed by atoms with Crippen LogP contribution in [0.15, 0.2) is 29.7 Å². The summed E-state index contributed by atoms with van der Waals surface area (Å²) in [6.07, 6.45) is 1.40. The molecule has 0 radical (unpaired) electrons. The highest BCUT2D eigenvalue weighted by Crippen LogP contribution is 2.31. The molecule has 0 aliphatic rings. The van der Waals surface area contributed by atoms with Gasteiger partial charge in [0, 0.05) is 12.5 Å². The average molecular weight is 343 g/mol. The quantitative estimate of drug-likeness (QED) is 0.500. The Kier molecular flexibility index (Phi) is 7.15. The Bertz CT molecular complexity index is 687. The molecule has 0 aliphatic carbocycles. The van der Waals surface area contributed by atoms with Crippen molar-refractivity contribution in [3.8, 4) is 0 Å². The molecule has 0 bridgehead atoms. The van der Waals surface area contributed by atoms with Gasteiger partial charge in [0.2, 0.25) is 0 Å². The van der Waals surface area contributed by atoms with Crippen LogP contribution in [0.5, 0.6) is 0 Å². The maximum absolute atomic E-state index is 11.3. The van der Waals surface area contributed by atoms with Crippen LogP contribution in [0.2, 0.25) is 0 Å². The number of hydrogen-bond donors (Lipinski definition) is 1. The minimum atomic E-state index is -4.54. The van der Waals surface area contributed by atoms with E-state index >= 15 is 0 Å². The van der Waals surface area contributed by atoms with Crippen LogP contribution in [0.4, 0.5) is 0 Å². The van der Waals surface area contributed by atoms with E-state index < -0.39 is 16.1 Å². The summed E-state index contributed by atoms with van der Waals surface area (Å²) in [5.41, 5.74) is 1.83. The van der Waals surface area contributed by atoms with Crippen LogP contribution in [0.1, 0.15) is 37.5 Å². The molecule has 6 nitrogen and oxygen atoms in total. The summed E-state index contributed by atoms with van der Waals surface area (Å²) in [7, 11) is -4.54. The molecule has 0 atom stereocenters. The first-order valence-corrected chi connectivity index (χ1v) is 8.27. The normalized spacial score (nSPS) is 11.5. The summed E-state index contributed by atoms with van der Waals surface area (Å²) in [5, 5.41) is 0. The third-order valence-corrected chi connectivity index (χ3v) is 4.37. The van der Waals surface area contributed by atoms with Crippen molar-refractivity contribution in [2.24, 2.45) is 0 Å². The highest BCUT2D eigenvalue weighted by Gasteiger charge is 2.22. The summed E-state index contributed by atoms with van der Waals surface area (Å²) in [6.45, 7) is 11.0. The van der Waals surface area contributed by atoms with Crippen LogP contribution in [-0.2, 0) is 31.5 Å². The van der Waals surface area contributed by atoms with Crippen LogP contribution in [0.25, 0.3) is 0 Å². The molecular weight excluding hydrogens is 318 g/mol. The van der Waals surface area contributed by atoms with E-state index in [1.165, 1.54) is 6.07 Å². The van der Waals surface area contributed by atoms with Gasteiger partial charge in [-0.15, -0.1) is 0 Å². The SMILES string of the molecule is C=CC(=O)OCCc1c(C(C)(C)C)ccc(S(=O)(=O)[O-])c1C.[NH4+]. The van der Waals surface area contributed by atoms with Gasteiger partial charge in [-0.05, 0) is 35.1 Å². The third-order valence-electron chi connectivity index (χ3n) is 3.39. The van der Waals surface area contributed by atoms with Crippen LogP contribution in [0, 0.1) is 6.92 Å². The fourth-order valence-corrected chi connectivity index (χ4v) is 3.08. The van der Waals surface area contributed by atoms with E-state index in [2.05, 4.69) is 6.58 Å². The van der Waals surface area contributed by atoms with Crippen molar-refractivity contribution in [1.29, 1.82) is 0 Å². The number of quaternary nitrogens is 1. The molecule has 23 heavy (non-hydrogen) atoms. The first-order chi connectivity index (χ1) is 9.98. The third kappa shape index (κ3) is 5.46. The molecule has 0 unspecified atom stereocenters. The van der Waals surface area contributed by atoms with Gasteiger partial charge in [-0.1, -0.05) is 33.4 Å². The van der Waals surface area contributed by atoms with E-state index in [0.717, 1.165) is 17.2 Å². The molecule has 130 valence electrons. The summed E-state index contributed by atoms with van der Waals surface area (Å²) < 4.78 is 39.0. The second kappa shape index (κ2) is 7.72. The molecule has 0 aliphatic heterocycles. The molecule has 4 N–H and O–H groups in total. The Labute approximate surface area is 137 Å². The monoisotopic (exact) mass is 343 g/mol. The molecule has 0 heterocycles. The van der Waals surface area contributed by atoms with Crippen molar-refractivity contribution in [2.75, 3.05) is 6.61 Å². The van der Waals surface area contributed by atoms with E-state index in [-0.39, 0.29) is 23.1 Å². The van der Waals surface area contributed by atoms with Crippen molar-refractivity contribution in [3.63, 3.8) is 0 Å². The molecule has 0 aromatic heterocycles. The minimum absolute atomic E-state index is 0. The Balaban J connectivity index is 0.00000484. The van der Waals surface area contributed by atoms with Gasteiger partial charge < -0.3 is 15.4 Å². The zero-order valence-electron chi connectivity index (χ0n) is 14.3. The van der Waals surface area contributed by atoms with Crippen molar-refractivity contribution < 1.29 is 22.5 Å². The summed E-state index contributed by atoms with van der Waals surface area (Å²) >= 11 is 0. The van der Waals surface area contributed by atoms with Gasteiger partial charge in [-0.25, -0.2) is 13.2 Å². The topological polar surface area (TPSA) is 120 Å². The predicted molar refractivity (Wildman–Crippen MR) is 88.7 cm³/mol. The standard InChI is InChI=1S/C16H22O5S.H3N/c1-6-15(17)21-10-9-12-11(2)14(22(18,19)20)8-7-13(12)16(3,4)5;/h6-8H,1,9-10H2,2-5H3,(H,18,19,20);1H3. The number of esters is 1. The fraction of sp³-hybridized carbons (Fsp3) is 0.438.